The van der Waals surface area contributed by atoms with Crippen LogP contribution in [0, 0.1) is 5.92 Å². The molecule has 0 aromatic heterocycles. The highest BCUT2D eigenvalue weighted by Crippen LogP contribution is 2.46. The molecule has 0 N–H and O–H groups in total. The van der Waals surface area contributed by atoms with Gasteiger partial charge in [0.05, 0.1) is 17.5 Å². The number of nitrogens with zero attached hydrogens (tertiary/aromatic N) is 1. The fourth-order valence-electron chi connectivity index (χ4n) is 4.21. The number of hydrogen-bond acceptors (Lipinski definition) is 3. The molecule has 0 radical (unpaired) electrons. The summed E-state index contributed by atoms with van der Waals surface area (Å²) in [4.78, 5) is 27.7. The molecule has 4 rings (SSSR count). The third kappa shape index (κ3) is 2.32. The minimum absolute atomic E-state index is 0.0833. The van der Waals surface area contributed by atoms with Gasteiger partial charge in [-0.05, 0) is 43.9 Å². The number of benzene rings is 1. The van der Waals surface area contributed by atoms with E-state index in [9.17, 15) is 9.59 Å². The summed E-state index contributed by atoms with van der Waals surface area (Å²) in [7, 11) is 0. The summed E-state index contributed by atoms with van der Waals surface area (Å²) in [6.07, 6.45) is 3.76. The summed E-state index contributed by atoms with van der Waals surface area (Å²) in [5, 5.41) is 0. The summed E-state index contributed by atoms with van der Waals surface area (Å²) >= 11 is 3.44. The average Bonchev–Trinajstić information content (AvgIpc) is 2.88. The van der Waals surface area contributed by atoms with E-state index in [-0.39, 0.29) is 29.8 Å². The Hall–Kier alpha value is -1.62. The number of rotatable bonds is 2. The van der Waals surface area contributed by atoms with Crippen LogP contribution >= 0.6 is 15.9 Å². The maximum Gasteiger partial charge on any atom is 0.290 e. The third-order valence-corrected chi connectivity index (χ3v) is 5.91. The number of fused-ring (bicyclic) bond motifs is 1. The Morgan fingerprint density at radius 3 is 2.58 bits per heavy atom. The topological polar surface area (TPSA) is 46.6 Å². The van der Waals surface area contributed by atoms with E-state index in [4.69, 9.17) is 4.74 Å². The first-order valence-electron chi connectivity index (χ1n) is 8.63. The van der Waals surface area contributed by atoms with E-state index < -0.39 is 0 Å². The van der Waals surface area contributed by atoms with Crippen molar-refractivity contribution in [3.63, 3.8) is 0 Å². The minimum atomic E-state index is -0.319. The van der Waals surface area contributed by atoms with Gasteiger partial charge in [0.1, 0.15) is 6.10 Å². The zero-order chi connectivity index (χ0) is 16.8. The first-order valence-corrected chi connectivity index (χ1v) is 9.42. The first kappa shape index (κ1) is 15.9. The molecule has 5 heteroatoms. The number of carbonyl (C=O) groups is 2. The van der Waals surface area contributed by atoms with Crippen molar-refractivity contribution in [3.05, 3.63) is 45.6 Å². The maximum atomic E-state index is 13.2. The van der Waals surface area contributed by atoms with Crippen molar-refractivity contribution in [2.75, 3.05) is 6.54 Å². The van der Waals surface area contributed by atoms with Crippen molar-refractivity contribution >= 4 is 27.6 Å². The van der Waals surface area contributed by atoms with E-state index in [0.29, 0.717) is 17.9 Å². The second-order valence-electron chi connectivity index (χ2n) is 6.70. The van der Waals surface area contributed by atoms with Crippen LogP contribution in [0.3, 0.4) is 0 Å². The summed E-state index contributed by atoms with van der Waals surface area (Å²) in [6.45, 7) is 2.50. The first-order chi connectivity index (χ1) is 11.6. The van der Waals surface area contributed by atoms with Crippen molar-refractivity contribution in [1.29, 1.82) is 0 Å². The highest BCUT2D eigenvalue weighted by atomic mass is 79.9. The van der Waals surface area contributed by atoms with Crippen LogP contribution < -0.4 is 0 Å². The van der Waals surface area contributed by atoms with Crippen LogP contribution in [0.4, 0.5) is 0 Å². The van der Waals surface area contributed by atoms with E-state index in [1.165, 1.54) is 0 Å². The van der Waals surface area contributed by atoms with Crippen LogP contribution in [0.2, 0.25) is 0 Å². The van der Waals surface area contributed by atoms with Crippen LogP contribution in [0.15, 0.2) is 40.1 Å². The van der Waals surface area contributed by atoms with Crippen molar-refractivity contribution in [3.8, 4) is 0 Å². The zero-order valence-corrected chi connectivity index (χ0v) is 15.2. The number of Topliss-reactive ketones (excluding diaryl/α,β-unsaturated/α-hetero) is 1. The average molecular weight is 390 g/mol. The lowest BCUT2D eigenvalue weighted by molar-refractivity contribution is -0.135. The van der Waals surface area contributed by atoms with Gasteiger partial charge in [0.25, 0.3) is 5.91 Å². The Morgan fingerprint density at radius 2 is 1.88 bits per heavy atom. The third-order valence-electron chi connectivity index (χ3n) is 5.39. The van der Waals surface area contributed by atoms with Gasteiger partial charge in [-0.25, -0.2) is 0 Å². The van der Waals surface area contributed by atoms with E-state index >= 15 is 0 Å². The highest BCUT2D eigenvalue weighted by molar-refractivity contribution is 9.10. The SMILES string of the molecule is CCN1C(=O)C2=C(C(=O)C3CCCCC3O2)C1c1ccc(Br)cc1. The molecule has 126 valence electrons. The number of ether oxygens (including phenoxy) is 1. The molecule has 1 aliphatic carbocycles. The Kier molecular flexibility index (Phi) is 3.99. The predicted molar refractivity (Wildman–Crippen MR) is 93.1 cm³/mol. The Morgan fingerprint density at radius 1 is 1.17 bits per heavy atom. The van der Waals surface area contributed by atoms with Crippen molar-refractivity contribution in [1.82, 2.24) is 4.90 Å². The van der Waals surface area contributed by atoms with Gasteiger partial charge >= 0.3 is 0 Å². The van der Waals surface area contributed by atoms with Crippen molar-refractivity contribution in [2.45, 2.75) is 44.8 Å². The number of ketones is 1. The summed E-state index contributed by atoms with van der Waals surface area (Å²) in [6, 6.07) is 7.52. The summed E-state index contributed by atoms with van der Waals surface area (Å²) < 4.78 is 7.04. The van der Waals surface area contributed by atoms with Crippen molar-refractivity contribution < 1.29 is 14.3 Å². The zero-order valence-electron chi connectivity index (χ0n) is 13.6. The maximum absolute atomic E-state index is 13.2. The van der Waals surface area contributed by atoms with Gasteiger partial charge in [-0.15, -0.1) is 0 Å². The largest absolute Gasteiger partial charge is 0.483 e. The molecule has 3 unspecified atom stereocenters. The van der Waals surface area contributed by atoms with E-state index in [1.54, 1.807) is 4.90 Å². The summed E-state index contributed by atoms with van der Waals surface area (Å²) in [5.41, 5.74) is 1.54. The standard InChI is InChI=1S/C19H20BrNO3/c1-2-21-16(11-7-9-12(20)10-8-11)15-17(22)13-5-3-4-6-14(13)24-18(15)19(21)23/h7-10,13-14,16H,2-6H2,1H3. The second kappa shape index (κ2) is 6.03. The smallest absolute Gasteiger partial charge is 0.290 e. The quantitative estimate of drug-likeness (QED) is 0.773. The Bertz CT molecular complexity index is 725. The van der Waals surface area contributed by atoms with E-state index in [0.717, 1.165) is 35.7 Å². The second-order valence-corrected chi connectivity index (χ2v) is 7.62. The minimum Gasteiger partial charge on any atom is -0.483 e. The molecule has 3 atom stereocenters. The molecule has 2 aliphatic heterocycles. The lowest BCUT2D eigenvalue weighted by atomic mass is 9.77. The molecule has 1 aromatic carbocycles. The lowest BCUT2D eigenvalue weighted by Gasteiger charge is -2.35. The molecule has 24 heavy (non-hydrogen) atoms. The number of hydrogen-bond donors (Lipinski definition) is 0. The molecule has 3 aliphatic rings. The number of likely N-dealkylation sites (N-methyl/N-ethyl adjacent to an activating group) is 1. The van der Waals surface area contributed by atoms with Crippen LogP contribution in [-0.2, 0) is 14.3 Å². The van der Waals surface area contributed by atoms with Gasteiger partial charge in [-0.3, -0.25) is 9.59 Å². The van der Waals surface area contributed by atoms with Gasteiger partial charge < -0.3 is 9.64 Å². The monoisotopic (exact) mass is 389 g/mol. The van der Waals surface area contributed by atoms with E-state index in [1.807, 2.05) is 31.2 Å². The Balaban J connectivity index is 1.80. The molecular formula is C19H20BrNO3. The normalized spacial score (nSPS) is 29.4. The van der Waals surface area contributed by atoms with Crippen LogP contribution in [0.1, 0.15) is 44.2 Å². The molecule has 1 amide bonds. The van der Waals surface area contributed by atoms with Gasteiger partial charge in [0.15, 0.2) is 11.5 Å². The van der Waals surface area contributed by atoms with Gasteiger partial charge in [-0.2, -0.15) is 0 Å². The lowest BCUT2D eigenvalue weighted by Crippen LogP contribution is -2.39. The molecule has 1 aromatic rings. The number of amides is 1. The van der Waals surface area contributed by atoms with Crippen LogP contribution in [0.25, 0.3) is 0 Å². The van der Waals surface area contributed by atoms with E-state index in [2.05, 4.69) is 15.9 Å². The molecule has 1 saturated carbocycles. The molecular weight excluding hydrogens is 370 g/mol. The van der Waals surface area contributed by atoms with Crippen molar-refractivity contribution in [2.24, 2.45) is 5.92 Å². The highest BCUT2D eigenvalue weighted by Gasteiger charge is 2.51. The fourth-order valence-corrected chi connectivity index (χ4v) is 4.47. The Labute approximate surface area is 150 Å². The van der Waals surface area contributed by atoms with Gasteiger partial charge in [-0.1, -0.05) is 34.5 Å². The molecule has 2 heterocycles. The molecule has 4 nitrogen and oxygen atoms in total. The molecule has 0 bridgehead atoms. The van der Waals surface area contributed by atoms with Crippen LogP contribution in [0.5, 0.6) is 0 Å². The predicted octanol–water partition coefficient (Wildman–Crippen LogP) is 3.76. The van der Waals surface area contributed by atoms with Gasteiger partial charge in [0.2, 0.25) is 0 Å². The fraction of sp³-hybridized carbons (Fsp3) is 0.474. The van der Waals surface area contributed by atoms with Gasteiger partial charge in [0, 0.05) is 11.0 Å². The number of carbonyl (C=O) groups excluding carboxylic acids is 2. The summed E-state index contributed by atoms with van der Waals surface area (Å²) in [5.74, 6) is 0.203. The molecule has 0 saturated heterocycles. The molecule has 0 spiro atoms. The molecule has 1 fully saturated rings. The van der Waals surface area contributed by atoms with Crippen LogP contribution in [-0.4, -0.2) is 29.2 Å². The number of halogens is 1.